The lowest BCUT2D eigenvalue weighted by molar-refractivity contribution is 0.595. The first-order chi connectivity index (χ1) is 9.17. The maximum atomic E-state index is 11.8. The third-order valence-electron chi connectivity index (χ3n) is 3.28. The quantitative estimate of drug-likeness (QED) is 0.786. The van der Waals surface area contributed by atoms with E-state index in [9.17, 15) is 8.42 Å². The zero-order valence-electron chi connectivity index (χ0n) is 10.6. The third-order valence-corrected chi connectivity index (χ3v) is 4.68. The summed E-state index contributed by atoms with van der Waals surface area (Å²) in [6, 6.07) is 7.65. The molecule has 0 amide bonds. The number of nitrogens with one attached hydrogen (secondary N) is 2. The smallest absolute Gasteiger partial charge is 0.263 e. The first-order valence-electron chi connectivity index (χ1n) is 6.57. The molecular weight excluding hydrogens is 262 g/mol. The lowest BCUT2D eigenvalue weighted by Gasteiger charge is -2.01. The van der Waals surface area contributed by atoms with Crippen molar-refractivity contribution in [3.63, 3.8) is 0 Å². The average molecular weight is 279 g/mol. The largest absolute Gasteiger partial charge is 0.314 e. The summed E-state index contributed by atoms with van der Waals surface area (Å²) in [5.41, 5.74) is 0.678. The second kappa shape index (κ2) is 4.94. The summed E-state index contributed by atoms with van der Waals surface area (Å²) in [6.07, 6.45) is 3.48. The van der Waals surface area contributed by atoms with Crippen LogP contribution in [-0.4, -0.2) is 33.4 Å². The molecule has 1 heterocycles. The van der Waals surface area contributed by atoms with Crippen molar-refractivity contribution in [2.24, 2.45) is 4.99 Å². The number of sulfonamides is 1. The minimum absolute atomic E-state index is 0.324. The maximum Gasteiger partial charge on any atom is 0.263 e. The fourth-order valence-electron chi connectivity index (χ4n) is 2.11. The summed E-state index contributed by atoms with van der Waals surface area (Å²) >= 11 is 0. The van der Waals surface area contributed by atoms with Crippen molar-refractivity contribution >= 4 is 15.9 Å². The van der Waals surface area contributed by atoms with E-state index in [1.54, 1.807) is 18.2 Å². The van der Waals surface area contributed by atoms with Crippen LogP contribution in [0.15, 0.2) is 34.2 Å². The van der Waals surface area contributed by atoms with Crippen LogP contribution in [0.1, 0.15) is 24.8 Å². The van der Waals surface area contributed by atoms with Gasteiger partial charge in [-0.2, -0.15) is 0 Å². The van der Waals surface area contributed by atoms with E-state index in [2.05, 4.69) is 15.0 Å². The molecule has 102 valence electrons. The second-order valence-electron chi connectivity index (χ2n) is 4.91. The molecule has 6 heteroatoms. The highest BCUT2D eigenvalue weighted by Gasteiger charge is 2.29. The molecule has 0 bridgehead atoms. The molecule has 0 spiro atoms. The normalized spacial score (nSPS) is 22.2. The van der Waals surface area contributed by atoms with Crippen molar-refractivity contribution in [1.82, 2.24) is 10.0 Å². The molecular formula is C13H17N3O2S. The first kappa shape index (κ1) is 12.6. The number of fused-ring (bicyclic) bond motifs is 1. The Kier molecular flexibility index (Phi) is 3.28. The molecule has 1 aliphatic heterocycles. The fraction of sp³-hybridized carbons (Fsp3) is 0.462. The lowest BCUT2D eigenvalue weighted by atomic mass is 10.2. The highest BCUT2D eigenvalue weighted by atomic mass is 32.2. The van der Waals surface area contributed by atoms with Crippen LogP contribution in [0.2, 0.25) is 0 Å². The average Bonchev–Trinajstić information content (AvgIpc) is 3.17. The standard InChI is InChI=1S/C13H17N3O2S/c17-19(18)12-5-2-1-4-11(12)13(16-19)15-9-3-8-14-10-6-7-10/h1-2,4-5,10,14H,3,6-9H2,(H,15,16). The maximum absolute atomic E-state index is 11.8. The zero-order chi connectivity index (χ0) is 13.3. The van der Waals surface area contributed by atoms with Gasteiger partial charge in [0.2, 0.25) is 0 Å². The van der Waals surface area contributed by atoms with Gasteiger partial charge in [0.25, 0.3) is 10.0 Å². The summed E-state index contributed by atoms with van der Waals surface area (Å²) < 4.78 is 26.2. The molecule has 5 nitrogen and oxygen atoms in total. The highest BCUT2D eigenvalue weighted by Crippen LogP contribution is 2.22. The van der Waals surface area contributed by atoms with Gasteiger partial charge in [-0.15, -0.1) is 0 Å². The minimum Gasteiger partial charge on any atom is -0.314 e. The van der Waals surface area contributed by atoms with Crippen LogP contribution in [0.3, 0.4) is 0 Å². The van der Waals surface area contributed by atoms with Gasteiger partial charge < -0.3 is 5.32 Å². The van der Waals surface area contributed by atoms with Gasteiger partial charge in [-0.25, -0.2) is 8.42 Å². The lowest BCUT2D eigenvalue weighted by Crippen LogP contribution is -2.23. The zero-order valence-corrected chi connectivity index (χ0v) is 11.4. The van der Waals surface area contributed by atoms with Crippen LogP contribution in [0.4, 0.5) is 0 Å². The van der Waals surface area contributed by atoms with E-state index in [1.165, 1.54) is 12.8 Å². The van der Waals surface area contributed by atoms with Crippen LogP contribution in [0.5, 0.6) is 0 Å². The Morgan fingerprint density at radius 3 is 2.89 bits per heavy atom. The number of rotatable bonds is 5. The molecule has 19 heavy (non-hydrogen) atoms. The fourth-order valence-corrected chi connectivity index (χ4v) is 3.37. The molecule has 1 aromatic rings. The van der Waals surface area contributed by atoms with Crippen molar-refractivity contribution in [3.05, 3.63) is 29.8 Å². The second-order valence-corrected chi connectivity index (χ2v) is 6.56. The van der Waals surface area contributed by atoms with Crippen LogP contribution >= 0.6 is 0 Å². The first-order valence-corrected chi connectivity index (χ1v) is 8.05. The van der Waals surface area contributed by atoms with Crippen LogP contribution in [0.25, 0.3) is 0 Å². The molecule has 3 rings (SSSR count). The van der Waals surface area contributed by atoms with Gasteiger partial charge in [-0.3, -0.25) is 9.71 Å². The van der Waals surface area contributed by atoms with Crippen LogP contribution in [0, 0.1) is 0 Å². The molecule has 0 aromatic heterocycles. The van der Waals surface area contributed by atoms with Crippen molar-refractivity contribution in [2.75, 3.05) is 13.1 Å². The summed E-state index contributed by atoms with van der Waals surface area (Å²) in [7, 11) is -3.40. The van der Waals surface area contributed by atoms with E-state index in [0.717, 1.165) is 13.0 Å². The molecule has 1 aliphatic carbocycles. The SMILES string of the molecule is O=S1(=O)NC(=NCCCNC2CC2)c2ccccc21. The predicted molar refractivity (Wildman–Crippen MR) is 73.8 cm³/mol. The molecule has 2 N–H and O–H groups in total. The summed E-state index contributed by atoms with van der Waals surface area (Å²) in [4.78, 5) is 4.69. The Bertz CT molecular complexity index is 606. The number of benzene rings is 1. The van der Waals surface area contributed by atoms with Crippen LogP contribution in [-0.2, 0) is 10.0 Å². The van der Waals surface area contributed by atoms with Gasteiger partial charge in [0.1, 0.15) is 5.84 Å². The molecule has 0 unspecified atom stereocenters. The summed E-state index contributed by atoms with van der Waals surface area (Å²) in [5, 5.41) is 3.41. The molecule has 1 saturated carbocycles. The molecule has 0 saturated heterocycles. The van der Waals surface area contributed by atoms with E-state index >= 15 is 0 Å². The Morgan fingerprint density at radius 1 is 1.32 bits per heavy atom. The van der Waals surface area contributed by atoms with Gasteiger partial charge in [-0.05, 0) is 37.9 Å². The molecule has 0 radical (unpaired) electrons. The van der Waals surface area contributed by atoms with Gasteiger partial charge in [0.05, 0.1) is 4.90 Å². The number of nitrogens with zero attached hydrogens (tertiary/aromatic N) is 1. The van der Waals surface area contributed by atoms with E-state index in [4.69, 9.17) is 0 Å². The summed E-state index contributed by atoms with van der Waals surface area (Å²) in [6.45, 7) is 1.57. The van der Waals surface area contributed by atoms with E-state index in [1.807, 2.05) is 6.07 Å². The van der Waals surface area contributed by atoms with Crippen molar-refractivity contribution < 1.29 is 8.42 Å². The number of aliphatic imine (C=N–C) groups is 1. The Balaban J connectivity index is 1.65. The van der Waals surface area contributed by atoms with E-state index in [-0.39, 0.29) is 0 Å². The number of amidine groups is 1. The van der Waals surface area contributed by atoms with Gasteiger partial charge in [0.15, 0.2) is 0 Å². The third kappa shape index (κ3) is 2.79. The topological polar surface area (TPSA) is 70.6 Å². The van der Waals surface area contributed by atoms with Gasteiger partial charge in [0, 0.05) is 18.2 Å². The van der Waals surface area contributed by atoms with Crippen molar-refractivity contribution in [2.45, 2.75) is 30.2 Å². The van der Waals surface area contributed by atoms with Gasteiger partial charge in [-0.1, -0.05) is 12.1 Å². The van der Waals surface area contributed by atoms with Crippen molar-refractivity contribution in [3.8, 4) is 0 Å². The predicted octanol–water partition coefficient (Wildman–Crippen LogP) is 0.867. The van der Waals surface area contributed by atoms with E-state index in [0.29, 0.717) is 28.9 Å². The Morgan fingerprint density at radius 2 is 2.11 bits per heavy atom. The molecule has 1 fully saturated rings. The van der Waals surface area contributed by atoms with Gasteiger partial charge >= 0.3 is 0 Å². The summed E-state index contributed by atoms with van der Waals surface area (Å²) in [5.74, 6) is 0.474. The minimum atomic E-state index is -3.40. The Hall–Kier alpha value is -1.40. The Labute approximate surface area is 113 Å². The molecule has 2 aliphatic rings. The van der Waals surface area contributed by atoms with E-state index < -0.39 is 10.0 Å². The van der Waals surface area contributed by atoms with Crippen LogP contribution < -0.4 is 10.0 Å². The molecule has 1 aromatic carbocycles. The molecule has 0 atom stereocenters. The number of hydrogen-bond acceptors (Lipinski definition) is 4. The monoisotopic (exact) mass is 279 g/mol. The number of hydrogen-bond donors (Lipinski definition) is 2. The highest BCUT2D eigenvalue weighted by molar-refractivity contribution is 7.90. The van der Waals surface area contributed by atoms with Crippen molar-refractivity contribution in [1.29, 1.82) is 0 Å².